The second-order valence-corrected chi connectivity index (χ2v) is 4.17. The molecule has 1 heterocycles. The zero-order valence-corrected chi connectivity index (χ0v) is 10.5. The topological polar surface area (TPSA) is 68.3 Å². The molecule has 0 aliphatic heterocycles. The van der Waals surface area contributed by atoms with Crippen LogP contribution in [0.1, 0.15) is 18.7 Å². The van der Waals surface area contributed by atoms with Crippen LogP contribution >= 0.6 is 0 Å². The fraction of sp³-hybridized carbons (Fsp3) is 0.231. The summed E-state index contributed by atoms with van der Waals surface area (Å²) in [5.74, 6) is 0.424. The summed E-state index contributed by atoms with van der Waals surface area (Å²) in [7, 11) is 1.79. The van der Waals surface area contributed by atoms with Crippen molar-refractivity contribution in [2.45, 2.75) is 13.0 Å². The van der Waals surface area contributed by atoms with E-state index in [1.54, 1.807) is 19.2 Å². The maximum Gasteiger partial charge on any atom is 0.273 e. The summed E-state index contributed by atoms with van der Waals surface area (Å²) < 4.78 is 18.9. The van der Waals surface area contributed by atoms with Gasteiger partial charge in [0, 0.05) is 11.6 Å². The quantitative estimate of drug-likeness (QED) is 0.679. The predicted octanol–water partition coefficient (Wildman–Crippen LogP) is 3.27. The molecule has 1 atom stereocenters. The van der Waals surface area contributed by atoms with E-state index in [4.69, 9.17) is 4.42 Å². The highest BCUT2D eigenvalue weighted by atomic mass is 19.1. The highest BCUT2D eigenvalue weighted by molar-refractivity contribution is 5.61. The Kier molecular flexibility index (Phi) is 3.62. The summed E-state index contributed by atoms with van der Waals surface area (Å²) in [4.78, 5) is 10.1. The second-order valence-electron chi connectivity index (χ2n) is 4.17. The number of nitrogens with zero attached hydrogens (tertiary/aromatic N) is 1. The molecule has 1 N–H and O–H groups in total. The summed E-state index contributed by atoms with van der Waals surface area (Å²) in [5, 5.41) is 13.7. The van der Waals surface area contributed by atoms with Gasteiger partial charge in [-0.3, -0.25) is 10.1 Å². The minimum atomic E-state index is -0.663. The van der Waals surface area contributed by atoms with Gasteiger partial charge in [0.2, 0.25) is 0 Å². The van der Waals surface area contributed by atoms with E-state index in [0.717, 1.165) is 6.07 Å². The summed E-state index contributed by atoms with van der Waals surface area (Å²) in [6.07, 6.45) is 0. The molecule has 5 nitrogen and oxygen atoms in total. The van der Waals surface area contributed by atoms with Crippen LogP contribution < -0.4 is 5.32 Å². The Balaban J connectivity index is 2.41. The number of nitrogens with one attached hydrogen (secondary N) is 1. The molecule has 1 aromatic carbocycles. The van der Waals surface area contributed by atoms with Gasteiger partial charge in [-0.1, -0.05) is 0 Å². The third-order valence-corrected chi connectivity index (χ3v) is 2.86. The van der Waals surface area contributed by atoms with Gasteiger partial charge < -0.3 is 9.73 Å². The van der Waals surface area contributed by atoms with Gasteiger partial charge in [0.25, 0.3) is 5.69 Å². The summed E-state index contributed by atoms with van der Waals surface area (Å²) >= 11 is 0. The Hall–Kier alpha value is -2.21. The van der Waals surface area contributed by atoms with Crippen LogP contribution in [0.4, 0.5) is 10.1 Å². The first-order valence-electron chi connectivity index (χ1n) is 5.73. The number of nitro groups is 1. The SMILES string of the molecule is CNC(C)c1ccc(-c2cc(F)cc([N+](=O)[O-])c2)o1. The lowest BCUT2D eigenvalue weighted by Gasteiger charge is -2.05. The van der Waals surface area contributed by atoms with Crippen LogP contribution in [-0.4, -0.2) is 12.0 Å². The molecule has 2 rings (SSSR count). The van der Waals surface area contributed by atoms with Crippen molar-refractivity contribution >= 4 is 5.69 Å². The van der Waals surface area contributed by atoms with Gasteiger partial charge in [-0.05, 0) is 32.2 Å². The van der Waals surface area contributed by atoms with Crippen molar-refractivity contribution in [2.24, 2.45) is 0 Å². The van der Waals surface area contributed by atoms with Crippen molar-refractivity contribution in [3.05, 3.63) is 52.0 Å². The number of halogens is 1. The molecular formula is C13H13FN2O3. The molecule has 19 heavy (non-hydrogen) atoms. The molecule has 0 saturated heterocycles. The second kappa shape index (κ2) is 5.19. The number of benzene rings is 1. The molecule has 1 unspecified atom stereocenters. The minimum Gasteiger partial charge on any atom is -0.459 e. The van der Waals surface area contributed by atoms with E-state index in [1.807, 2.05) is 6.92 Å². The molecule has 0 fully saturated rings. The molecule has 0 bridgehead atoms. The van der Waals surface area contributed by atoms with Crippen LogP contribution in [0.5, 0.6) is 0 Å². The smallest absolute Gasteiger partial charge is 0.273 e. The zero-order valence-electron chi connectivity index (χ0n) is 10.5. The molecule has 6 heteroatoms. The standard InChI is InChI=1S/C13H13FN2O3/c1-8(15-2)12-3-4-13(19-12)9-5-10(14)7-11(6-9)16(17)18/h3-8,15H,1-2H3. The Bertz CT molecular complexity index is 610. The molecule has 100 valence electrons. The Labute approximate surface area is 109 Å². The summed E-state index contributed by atoms with van der Waals surface area (Å²) in [6, 6.07) is 6.81. The summed E-state index contributed by atoms with van der Waals surface area (Å²) in [5.41, 5.74) is 0.0517. The summed E-state index contributed by atoms with van der Waals surface area (Å²) in [6.45, 7) is 1.91. The Morgan fingerprint density at radius 2 is 2.11 bits per heavy atom. The van der Waals surface area contributed by atoms with Crippen LogP contribution in [0, 0.1) is 15.9 Å². The number of rotatable bonds is 4. The molecule has 0 radical (unpaired) electrons. The van der Waals surface area contributed by atoms with E-state index in [1.165, 1.54) is 12.1 Å². The van der Waals surface area contributed by atoms with E-state index in [0.29, 0.717) is 17.1 Å². The van der Waals surface area contributed by atoms with Crippen molar-refractivity contribution < 1.29 is 13.7 Å². The van der Waals surface area contributed by atoms with Crippen LogP contribution in [0.2, 0.25) is 0 Å². The fourth-order valence-electron chi connectivity index (χ4n) is 1.70. The molecule has 2 aromatic rings. The van der Waals surface area contributed by atoms with Crippen LogP contribution in [0.25, 0.3) is 11.3 Å². The first-order valence-corrected chi connectivity index (χ1v) is 5.73. The molecule has 0 aliphatic carbocycles. The van der Waals surface area contributed by atoms with E-state index in [-0.39, 0.29) is 11.7 Å². The highest BCUT2D eigenvalue weighted by Gasteiger charge is 2.14. The van der Waals surface area contributed by atoms with Gasteiger partial charge in [0.1, 0.15) is 17.3 Å². The monoisotopic (exact) mass is 264 g/mol. The number of hydrogen-bond acceptors (Lipinski definition) is 4. The zero-order chi connectivity index (χ0) is 14.0. The molecule has 0 amide bonds. The lowest BCUT2D eigenvalue weighted by molar-refractivity contribution is -0.385. The number of non-ortho nitro benzene ring substituents is 1. The van der Waals surface area contributed by atoms with Gasteiger partial charge in [-0.2, -0.15) is 0 Å². The number of hydrogen-bond donors (Lipinski definition) is 1. The van der Waals surface area contributed by atoms with Crippen LogP contribution in [0.15, 0.2) is 34.7 Å². The van der Waals surface area contributed by atoms with Gasteiger partial charge >= 0.3 is 0 Å². The van der Waals surface area contributed by atoms with E-state index < -0.39 is 10.7 Å². The maximum atomic E-state index is 13.3. The van der Waals surface area contributed by atoms with Crippen molar-refractivity contribution in [1.29, 1.82) is 0 Å². The van der Waals surface area contributed by atoms with Gasteiger partial charge in [0.05, 0.1) is 17.0 Å². The average Bonchev–Trinajstić information content (AvgIpc) is 2.86. The number of nitro benzene ring substituents is 1. The first kappa shape index (κ1) is 13.2. The van der Waals surface area contributed by atoms with E-state index in [9.17, 15) is 14.5 Å². The number of furan rings is 1. The van der Waals surface area contributed by atoms with E-state index in [2.05, 4.69) is 5.32 Å². The van der Waals surface area contributed by atoms with Crippen molar-refractivity contribution in [1.82, 2.24) is 5.32 Å². The van der Waals surface area contributed by atoms with Gasteiger partial charge in [-0.15, -0.1) is 0 Å². The third-order valence-electron chi connectivity index (χ3n) is 2.86. The predicted molar refractivity (Wildman–Crippen MR) is 68.2 cm³/mol. The molecular weight excluding hydrogens is 251 g/mol. The largest absolute Gasteiger partial charge is 0.459 e. The molecule has 1 aromatic heterocycles. The highest BCUT2D eigenvalue weighted by Crippen LogP contribution is 2.28. The lowest BCUT2D eigenvalue weighted by Crippen LogP contribution is -2.10. The third kappa shape index (κ3) is 2.79. The molecule has 0 saturated carbocycles. The maximum absolute atomic E-state index is 13.3. The van der Waals surface area contributed by atoms with Crippen molar-refractivity contribution in [3.8, 4) is 11.3 Å². The fourth-order valence-corrected chi connectivity index (χ4v) is 1.70. The Morgan fingerprint density at radius 1 is 1.37 bits per heavy atom. The van der Waals surface area contributed by atoms with Crippen LogP contribution in [0.3, 0.4) is 0 Å². The van der Waals surface area contributed by atoms with Crippen molar-refractivity contribution in [2.75, 3.05) is 7.05 Å². The molecule has 0 spiro atoms. The minimum absolute atomic E-state index is 0.0114. The normalized spacial score (nSPS) is 12.4. The van der Waals surface area contributed by atoms with Crippen molar-refractivity contribution in [3.63, 3.8) is 0 Å². The Morgan fingerprint density at radius 3 is 2.74 bits per heavy atom. The first-order chi connectivity index (χ1) is 9.01. The average molecular weight is 264 g/mol. The van der Waals surface area contributed by atoms with Gasteiger partial charge in [-0.25, -0.2) is 4.39 Å². The van der Waals surface area contributed by atoms with Crippen LogP contribution in [-0.2, 0) is 0 Å². The molecule has 0 aliphatic rings. The van der Waals surface area contributed by atoms with Gasteiger partial charge in [0.15, 0.2) is 0 Å². The van der Waals surface area contributed by atoms with E-state index >= 15 is 0 Å². The lowest BCUT2D eigenvalue weighted by atomic mass is 10.1.